The van der Waals surface area contributed by atoms with Gasteiger partial charge in [-0.05, 0) is 29.3 Å². The van der Waals surface area contributed by atoms with Gasteiger partial charge in [-0.15, -0.1) is 0 Å². The number of nitrogens with zero attached hydrogens (tertiary/aromatic N) is 2. The zero-order valence-electron chi connectivity index (χ0n) is 17.2. The van der Waals surface area contributed by atoms with Crippen LogP contribution in [0.5, 0.6) is 5.75 Å². The number of rotatable bonds is 6. The molecule has 4 nitrogen and oxygen atoms in total. The summed E-state index contributed by atoms with van der Waals surface area (Å²) in [5.74, 6) is 0.685. The van der Waals surface area contributed by atoms with E-state index in [2.05, 4.69) is 45.4 Å². The number of ether oxygens (including phenoxy) is 1. The number of aromatic nitrogens is 2. The standard InChI is InChI=1S/C26H24ClN3O/c27-23-15-21(11-12-25(23)31-18-20-9-5-2-6-10-20)26-22-17-30(14-13-24(22)28-29-26)16-19-7-3-1-4-8-19/h1-12,15H,13-14,16-18H2,(H,28,29). The van der Waals surface area contributed by atoms with Crippen LogP contribution < -0.4 is 4.74 Å². The van der Waals surface area contributed by atoms with Crippen LogP contribution in [0.3, 0.4) is 0 Å². The van der Waals surface area contributed by atoms with E-state index in [1.165, 1.54) is 16.8 Å². The van der Waals surface area contributed by atoms with Crippen LogP contribution in [0.15, 0.2) is 78.9 Å². The first-order chi connectivity index (χ1) is 15.3. The molecule has 4 aromatic rings. The molecular formula is C26H24ClN3O. The minimum Gasteiger partial charge on any atom is -0.487 e. The summed E-state index contributed by atoms with van der Waals surface area (Å²) in [5.41, 5.74) is 6.91. The van der Waals surface area contributed by atoms with Gasteiger partial charge < -0.3 is 4.74 Å². The maximum atomic E-state index is 6.56. The van der Waals surface area contributed by atoms with E-state index < -0.39 is 0 Å². The molecule has 156 valence electrons. The second kappa shape index (κ2) is 8.96. The molecule has 0 saturated carbocycles. The highest BCUT2D eigenvalue weighted by atomic mass is 35.5. The third-order valence-electron chi connectivity index (χ3n) is 5.70. The third kappa shape index (κ3) is 4.50. The number of fused-ring (bicyclic) bond motifs is 1. The van der Waals surface area contributed by atoms with Gasteiger partial charge >= 0.3 is 0 Å². The monoisotopic (exact) mass is 429 g/mol. The first-order valence-corrected chi connectivity index (χ1v) is 10.9. The predicted octanol–water partition coefficient (Wildman–Crippen LogP) is 5.87. The van der Waals surface area contributed by atoms with Gasteiger partial charge in [-0.1, -0.05) is 72.3 Å². The van der Waals surface area contributed by atoms with Crippen LogP contribution in [0.1, 0.15) is 22.4 Å². The molecule has 0 radical (unpaired) electrons. The number of hydrogen-bond donors (Lipinski definition) is 1. The smallest absolute Gasteiger partial charge is 0.138 e. The fraction of sp³-hybridized carbons (Fsp3) is 0.192. The first kappa shape index (κ1) is 19.9. The Labute approximate surface area is 187 Å². The topological polar surface area (TPSA) is 41.2 Å². The Morgan fingerprint density at radius 2 is 1.68 bits per heavy atom. The van der Waals surface area contributed by atoms with Gasteiger partial charge in [0.1, 0.15) is 12.4 Å². The number of hydrogen-bond acceptors (Lipinski definition) is 3. The van der Waals surface area contributed by atoms with Gasteiger partial charge in [0.15, 0.2) is 0 Å². The maximum absolute atomic E-state index is 6.56. The van der Waals surface area contributed by atoms with Gasteiger partial charge in [-0.25, -0.2) is 0 Å². The molecular weight excluding hydrogens is 406 g/mol. The molecule has 5 heteroatoms. The second-order valence-corrected chi connectivity index (χ2v) is 8.30. The molecule has 0 aliphatic carbocycles. The lowest BCUT2D eigenvalue weighted by Crippen LogP contribution is -2.29. The lowest BCUT2D eigenvalue weighted by molar-refractivity contribution is 0.245. The summed E-state index contributed by atoms with van der Waals surface area (Å²) in [6.07, 6.45) is 0.973. The molecule has 31 heavy (non-hydrogen) atoms. The van der Waals surface area contributed by atoms with Crippen molar-refractivity contribution in [2.45, 2.75) is 26.1 Å². The van der Waals surface area contributed by atoms with E-state index in [-0.39, 0.29) is 0 Å². The number of H-pyrrole nitrogens is 1. The quantitative estimate of drug-likeness (QED) is 0.417. The molecule has 0 bridgehead atoms. The molecule has 1 aliphatic rings. The van der Waals surface area contributed by atoms with Crippen molar-refractivity contribution in [3.63, 3.8) is 0 Å². The largest absolute Gasteiger partial charge is 0.487 e. The lowest BCUT2D eigenvalue weighted by atomic mass is 10.0. The van der Waals surface area contributed by atoms with Gasteiger partial charge in [-0.3, -0.25) is 10.00 Å². The summed E-state index contributed by atoms with van der Waals surface area (Å²) in [6, 6.07) is 26.6. The number of benzene rings is 3. The summed E-state index contributed by atoms with van der Waals surface area (Å²) >= 11 is 6.56. The van der Waals surface area contributed by atoms with E-state index in [1.807, 2.05) is 48.5 Å². The number of aromatic amines is 1. The lowest BCUT2D eigenvalue weighted by Gasteiger charge is -2.27. The molecule has 1 aromatic heterocycles. The Morgan fingerprint density at radius 1 is 0.935 bits per heavy atom. The third-order valence-corrected chi connectivity index (χ3v) is 6.00. The van der Waals surface area contributed by atoms with E-state index in [0.717, 1.165) is 42.9 Å². The SMILES string of the molecule is Clc1cc(-c2n[nH]c3c2CN(Cc2ccccc2)CC3)ccc1OCc1ccccc1. The molecule has 1 N–H and O–H groups in total. The summed E-state index contributed by atoms with van der Waals surface area (Å²) in [6.45, 7) is 3.33. The summed E-state index contributed by atoms with van der Waals surface area (Å²) in [7, 11) is 0. The van der Waals surface area contributed by atoms with Crippen LogP contribution in [-0.2, 0) is 26.1 Å². The molecule has 0 saturated heterocycles. The van der Waals surface area contributed by atoms with E-state index in [9.17, 15) is 0 Å². The zero-order chi connectivity index (χ0) is 21.0. The highest BCUT2D eigenvalue weighted by Gasteiger charge is 2.23. The molecule has 0 atom stereocenters. The van der Waals surface area contributed by atoms with Gasteiger partial charge in [0.25, 0.3) is 0 Å². The summed E-state index contributed by atoms with van der Waals surface area (Å²) < 4.78 is 5.92. The minimum atomic E-state index is 0.492. The van der Waals surface area contributed by atoms with Gasteiger partial charge in [0.2, 0.25) is 0 Å². The van der Waals surface area contributed by atoms with Crippen LogP contribution in [0, 0.1) is 0 Å². The van der Waals surface area contributed by atoms with Crippen molar-refractivity contribution >= 4 is 11.6 Å². The summed E-state index contributed by atoms with van der Waals surface area (Å²) in [4.78, 5) is 2.47. The highest BCUT2D eigenvalue weighted by Crippen LogP contribution is 2.34. The molecule has 0 spiro atoms. The Hall–Kier alpha value is -3.08. The fourth-order valence-electron chi connectivity index (χ4n) is 4.07. The molecule has 2 heterocycles. The fourth-order valence-corrected chi connectivity index (χ4v) is 4.30. The molecule has 0 fully saturated rings. The van der Waals surface area contributed by atoms with Crippen molar-refractivity contribution in [2.75, 3.05) is 6.54 Å². The first-order valence-electron chi connectivity index (χ1n) is 10.6. The molecule has 5 rings (SSSR count). The Balaban J connectivity index is 1.32. The maximum Gasteiger partial charge on any atom is 0.138 e. The average Bonchev–Trinajstić information content (AvgIpc) is 3.23. The van der Waals surface area contributed by atoms with Crippen molar-refractivity contribution in [3.05, 3.63) is 106 Å². The number of halogens is 1. The number of nitrogens with one attached hydrogen (secondary N) is 1. The molecule has 3 aromatic carbocycles. The van der Waals surface area contributed by atoms with E-state index in [0.29, 0.717) is 17.4 Å². The molecule has 1 aliphatic heterocycles. The van der Waals surface area contributed by atoms with Crippen molar-refractivity contribution in [3.8, 4) is 17.0 Å². The zero-order valence-corrected chi connectivity index (χ0v) is 18.0. The van der Waals surface area contributed by atoms with Crippen LogP contribution in [0.25, 0.3) is 11.3 Å². The van der Waals surface area contributed by atoms with Crippen molar-refractivity contribution in [2.24, 2.45) is 0 Å². The van der Waals surface area contributed by atoms with Crippen LogP contribution in [-0.4, -0.2) is 21.6 Å². The van der Waals surface area contributed by atoms with Crippen molar-refractivity contribution in [1.29, 1.82) is 0 Å². The molecule has 0 amide bonds. The Kier molecular flexibility index (Phi) is 5.74. The van der Waals surface area contributed by atoms with E-state index >= 15 is 0 Å². The Bertz CT molecular complexity index is 1160. The highest BCUT2D eigenvalue weighted by molar-refractivity contribution is 6.32. The van der Waals surface area contributed by atoms with Crippen LogP contribution >= 0.6 is 11.6 Å². The Morgan fingerprint density at radius 3 is 2.42 bits per heavy atom. The predicted molar refractivity (Wildman–Crippen MR) is 124 cm³/mol. The van der Waals surface area contributed by atoms with Crippen molar-refractivity contribution in [1.82, 2.24) is 15.1 Å². The van der Waals surface area contributed by atoms with Gasteiger partial charge in [-0.2, -0.15) is 5.10 Å². The normalized spacial score (nSPS) is 13.7. The average molecular weight is 430 g/mol. The van der Waals surface area contributed by atoms with Gasteiger partial charge in [0.05, 0.1) is 10.7 Å². The van der Waals surface area contributed by atoms with Crippen LogP contribution in [0.2, 0.25) is 5.02 Å². The minimum absolute atomic E-state index is 0.492. The van der Waals surface area contributed by atoms with E-state index in [1.54, 1.807) is 0 Å². The van der Waals surface area contributed by atoms with Crippen molar-refractivity contribution < 1.29 is 4.74 Å². The molecule has 0 unspecified atom stereocenters. The second-order valence-electron chi connectivity index (χ2n) is 7.90. The van der Waals surface area contributed by atoms with Crippen LogP contribution in [0.4, 0.5) is 0 Å². The van der Waals surface area contributed by atoms with Gasteiger partial charge in [0, 0.05) is 42.9 Å². The summed E-state index contributed by atoms with van der Waals surface area (Å²) in [5, 5.41) is 8.46. The van der Waals surface area contributed by atoms with E-state index in [4.69, 9.17) is 16.3 Å².